The fraction of sp³-hybridized carbons (Fsp3) is 0.211. The van der Waals surface area contributed by atoms with Crippen molar-refractivity contribution < 1.29 is 22.7 Å². The Hall–Kier alpha value is -3.07. The number of nitrogens with one attached hydrogen (secondary N) is 1. The number of hydrogen-bond donors (Lipinski definition) is 2. The zero-order valence-electron chi connectivity index (χ0n) is 14.7. The van der Waals surface area contributed by atoms with Crippen molar-refractivity contribution in [3.05, 3.63) is 72.1 Å². The van der Waals surface area contributed by atoms with Crippen molar-refractivity contribution >= 4 is 5.82 Å². The first-order valence-electron chi connectivity index (χ1n) is 8.28. The largest absolute Gasteiger partial charge is 0.418 e. The monoisotopic (exact) mass is 392 g/mol. The molecule has 0 bridgehead atoms. The number of aliphatic hydroxyl groups excluding tert-OH is 1. The van der Waals surface area contributed by atoms with E-state index in [9.17, 15) is 22.7 Å². The molecule has 3 aromatic rings. The number of aliphatic hydroxyl groups is 1. The summed E-state index contributed by atoms with van der Waals surface area (Å²) in [5, 5.41) is 12.5. The van der Waals surface area contributed by atoms with Crippen LogP contribution in [0.2, 0.25) is 0 Å². The second-order valence-electron chi connectivity index (χ2n) is 6.16. The fourth-order valence-corrected chi connectivity index (χ4v) is 2.54. The molecule has 0 aliphatic carbocycles. The highest BCUT2D eigenvalue weighted by atomic mass is 19.4. The van der Waals surface area contributed by atoms with Crippen LogP contribution in [-0.2, 0) is 0 Å². The van der Waals surface area contributed by atoms with Crippen molar-refractivity contribution in [1.82, 2.24) is 15.0 Å². The zero-order chi connectivity index (χ0) is 20.3. The summed E-state index contributed by atoms with van der Waals surface area (Å²) in [5.74, 6) is 0.117. The van der Waals surface area contributed by atoms with Gasteiger partial charge < -0.3 is 10.4 Å². The SMILES string of the molecule is CC(Nc1cnc(-c2cncc(C(O)C(F)(F)F)c2)cn1)c1ccc(F)cc1. The number of benzene rings is 1. The van der Waals surface area contributed by atoms with E-state index >= 15 is 0 Å². The lowest BCUT2D eigenvalue weighted by Crippen LogP contribution is -2.20. The fourth-order valence-electron chi connectivity index (χ4n) is 2.54. The van der Waals surface area contributed by atoms with Gasteiger partial charge in [0.1, 0.15) is 11.6 Å². The molecular formula is C19H16F4N4O. The van der Waals surface area contributed by atoms with Gasteiger partial charge in [0.05, 0.1) is 18.1 Å². The molecular weight excluding hydrogens is 376 g/mol. The van der Waals surface area contributed by atoms with Gasteiger partial charge in [-0.25, -0.2) is 9.37 Å². The Labute approximate surface area is 158 Å². The quantitative estimate of drug-likeness (QED) is 0.628. The first kappa shape index (κ1) is 19.7. The third kappa shape index (κ3) is 4.61. The lowest BCUT2D eigenvalue weighted by Gasteiger charge is -2.16. The molecule has 2 heterocycles. The van der Waals surface area contributed by atoms with E-state index in [1.165, 1.54) is 36.8 Å². The summed E-state index contributed by atoms with van der Waals surface area (Å²) in [4.78, 5) is 12.1. The Balaban J connectivity index is 1.75. The van der Waals surface area contributed by atoms with Crippen molar-refractivity contribution in [1.29, 1.82) is 0 Å². The molecule has 9 heteroatoms. The van der Waals surface area contributed by atoms with Crippen LogP contribution in [0.15, 0.2) is 55.1 Å². The second-order valence-corrected chi connectivity index (χ2v) is 6.16. The standard InChI is InChI=1S/C19H16F4N4O/c1-11(12-2-4-15(20)5-3-12)27-17-10-25-16(9-26-17)13-6-14(8-24-7-13)18(28)19(21,22)23/h2-11,18,28H,1H3,(H,26,27). The normalized spacial score (nSPS) is 13.8. The molecule has 0 saturated carbocycles. The molecule has 2 unspecified atom stereocenters. The molecule has 0 amide bonds. The predicted octanol–water partition coefficient (Wildman–Crippen LogP) is 4.45. The molecule has 2 aromatic heterocycles. The van der Waals surface area contributed by atoms with Crippen LogP contribution in [0, 0.1) is 5.82 Å². The molecule has 0 spiro atoms. The van der Waals surface area contributed by atoms with Crippen LogP contribution < -0.4 is 5.32 Å². The van der Waals surface area contributed by atoms with Gasteiger partial charge in [-0.05, 0) is 30.7 Å². The third-order valence-corrected chi connectivity index (χ3v) is 4.07. The minimum Gasteiger partial charge on any atom is -0.379 e. The molecule has 2 N–H and O–H groups in total. The molecule has 0 radical (unpaired) electrons. The van der Waals surface area contributed by atoms with E-state index in [0.29, 0.717) is 17.1 Å². The molecule has 3 rings (SSSR count). The number of alkyl halides is 3. The summed E-state index contributed by atoms with van der Waals surface area (Å²) in [7, 11) is 0. The van der Waals surface area contributed by atoms with Crippen LogP contribution in [0.5, 0.6) is 0 Å². The van der Waals surface area contributed by atoms with E-state index in [1.807, 2.05) is 6.92 Å². The maximum absolute atomic E-state index is 13.0. The maximum Gasteiger partial charge on any atom is 0.418 e. The van der Waals surface area contributed by atoms with Crippen LogP contribution in [-0.4, -0.2) is 26.2 Å². The molecule has 5 nitrogen and oxygen atoms in total. The van der Waals surface area contributed by atoms with Crippen LogP contribution >= 0.6 is 0 Å². The lowest BCUT2D eigenvalue weighted by atomic mass is 10.1. The molecule has 0 saturated heterocycles. The molecule has 28 heavy (non-hydrogen) atoms. The Kier molecular flexibility index (Phi) is 5.55. The second kappa shape index (κ2) is 7.89. The lowest BCUT2D eigenvalue weighted by molar-refractivity contribution is -0.206. The van der Waals surface area contributed by atoms with Crippen LogP contribution in [0.4, 0.5) is 23.4 Å². The summed E-state index contributed by atoms with van der Waals surface area (Å²) in [5.41, 5.74) is 1.08. The highest BCUT2D eigenvalue weighted by molar-refractivity contribution is 5.58. The number of pyridine rings is 1. The average molecular weight is 392 g/mol. The Morgan fingerprint density at radius 1 is 0.964 bits per heavy atom. The van der Waals surface area contributed by atoms with Crippen molar-refractivity contribution in [2.45, 2.75) is 25.2 Å². The van der Waals surface area contributed by atoms with Gasteiger partial charge in [-0.1, -0.05) is 12.1 Å². The predicted molar refractivity (Wildman–Crippen MR) is 94.7 cm³/mol. The third-order valence-electron chi connectivity index (χ3n) is 4.07. The van der Waals surface area contributed by atoms with Gasteiger partial charge in [0.2, 0.25) is 0 Å². The van der Waals surface area contributed by atoms with Gasteiger partial charge >= 0.3 is 6.18 Å². The van der Waals surface area contributed by atoms with Crippen molar-refractivity contribution in [3.63, 3.8) is 0 Å². The Morgan fingerprint density at radius 2 is 1.68 bits per heavy atom. The van der Waals surface area contributed by atoms with Gasteiger partial charge in [-0.15, -0.1) is 0 Å². The van der Waals surface area contributed by atoms with E-state index in [2.05, 4.69) is 20.3 Å². The summed E-state index contributed by atoms with van der Waals surface area (Å²) in [6.45, 7) is 1.87. The van der Waals surface area contributed by atoms with Crippen molar-refractivity contribution in [3.8, 4) is 11.3 Å². The van der Waals surface area contributed by atoms with Crippen LogP contribution in [0.25, 0.3) is 11.3 Å². The Morgan fingerprint density at radius 3 is 2.29 bits per heavy atom. The van der Waals surface area contributed by atoms with Gasteiger partial charge in [0.15, 0.2) is 6.10 Å². The van der Waals surface area contributed by atoms with E-state index < -0.39 is 12.3 Å². The topological polar surface area (TPSA) is 70.9 Å². The summed E-state index contributed by atoms with van der Waals surface area (Å²) in [6.07, 6.45) is -2.29. The van der Waals surface area contributed by atoms with Gasteiger partial charge in [-0.3, -0.25) is 9.97 Å². The van der Waals surface area contributed by atoms with Crippen LogP contribution in [0.3, 0.4) is 0 Å². The zero-order valence-corrected chi connectivity index (χ0v) is 14.7. The smallest absolute Gasteiger partial charge is 0.379 e. The van der Waals surface area contributed by atoms with E-state index in [4.69, 9.17) is 0 Å². The highest BCUT2D eigenvalue weighted by Gasteiger charge is 2.39. The number of nitrogens with zero attached hydrogens (tertiary/aromatic N) is 3. The number of halogens is 4. The molecule has 0 aliphatic heterocycles. The molecule has 0 aliphatic rings. The maximum atomic E-state index is 13.0. The Bertz CT molecular complexity index is 930. The number of hydrogen-bond acceptors (Lipinski definition) is 5. The number of rotatable bonds is 5. The van der Waals surface area contributed by atoms with Gasteiger partial charge in [0.25, 0.3) is 0 Å². The molecule has 146 valence electrons. The summed E-state index contributed by atoms with van der Waals surface area (Å²) >= 11 is 0. The minimum absolute atomic E-state index is 0.160. The van der Waals surface area contributed by atoms with Crippen LogP contribution in [0.1, 0.15) is 30.2 Å². The highest BCUT2D eigenvalue weighted by Crippen LogP contribution is 2.33. The number of anilines is 1. The van der Waals surface area contributed by atoms with Crippen molar-refractivity contribution in [2.75, 3.05) is 5.32 Å². The molecule has 0 fully saturated rings. The average Bonchev–Trinajstić information content (AvgIpc) is 2.68. The van der Waals surface area contributed by atoms with Gasteiger partial charge in [-0.2, -0.15) is 13.2 Å². The first-order chi connectivity index (χ1) is 13.2. The summed E-state index contributed by atoms with van der Waals surface area (Å²) in [6, 6.07) is 7.03. The van der Waals surface area contributed by atoms with E-state index in [1.54, 1.807) is 12.1 Å². The molecule has 2 atom stereocenters. The van der Waals surface area contributed by atoms with Gasteiger partial charge in [0, 0.05) is 29.6 Å². The van der Waals surface area contributed by atoms with E-state index in [-0.39, 0.29) is 17.4 Å². The first-order valence-corrected chi connectivity index (χ1v) is 8.28. The van der Waals surface area contributed by atoms with Crippen molar-refractivity contribution in [2.24, 2.45) is 0 Å². The number of aromatic nitrogens is 3. The molecule has 1 aromatic carbocycles. The van der Waals surface area contributed by atoms with E-state index in [0.717, 1.165) is 11.8 Å². The minimum atomic E-state index is -4.78. The summed E-state index contributed by atoms with van der Waals surface area (Å²) < 4.78 is 51.0.